The largest absolute Gasteiger partial charge is 0.336 e. The van der Waals surface area contributed by atoms with Crippen LogP contribution >= 0.6 is 0 Å². The van der Waals surface area contributed by atoms with Crippen molar-refractivity contribution in [1.82, 2.24) is 14.5 Å². The number of carbonyl (C=O) groups excluding carboxylic acids is 1. The van der Waals surface area contributed by atoms with E-state index in [1.54, 1.807) is 23.1 Å². The molecule has 136 valence electrons. The van der Waals surface area contributed by atoms with Gasteiger partial charge >= 0.3 is 0 Å². The average molecular weight is 363 g/mol. The fourth-order valence-electron chi connectivity index (χ4n) is 3.31. The Morgan fingerprint density at radius 3 is 2.64 bits per heavy atom. The second-order valence-electron chi connectivity index (χ2n) is 6.81. The molecular weight excluding hydrogens is 338 g/mol. The Labute approximate surface area is 149 Å². The molecule has 1 amide bonds. The third-order valence-electron chi connectivity index (χ3n) is 4.73. The summed E-state index contributed by atoms with van der Waals surface area (Å²) in [6.07, 6.45) is 3.83. The maximum atomic E-state index is 13.1. The van der Waals surface area contributed by atoms with Crippen molar-refractivity contribution < 1.29 is 13.2 Å². The van der Waals surface area contributed by atoms with Crippen LogP contribution in [-0.4, -0.2) is 62.3 Å². The lowest BCUT2D eigenvalue weighted by Gasteiger charge is -2.28. The minimum absolute atomic E-state index is 0.112. The van der Waals surface area contributed by atoms with Gasteiger partial charge in [0.1, 0.15) is 0 Å². The van der Waals surface area contributed by atoms with Crippen molar-refractivity contribution in [3.8, 4) is 0 Å². The SMILES string of the molecule is CC(C)C1C=CCN1S(=O)(=O)c1cccc(C(=O)N2CCNCC2)c1. The average Bonchev–Trinajstić information content (AvgIpc) is 3.13. The molecule has 0 bridgehead atoms. The zero-order valence-electron chi connectivity index (χ0n) is 14.7. The summed E-state index contributed by atoms with van der Waals surface area (Å²) in [7, 11) is -3.63. The van der Waals surface area contributed by atoms with Crippen molar-refractivity contribution in [1.29, 1.82) is 0 Å². The van der Waals surface area contributed by atoms with Crippen LogP contribution in [0, 0.1) is 5.92 Å². The highest BCUT2D eigenvalue weighted by molar-refractivity contribution is 7.89. The van der Waals surface area contributed by atoms with Crippen LogP contribution in [0.25, 0.3) is 0 Å². The third-order valence-corrected chi connectivity index (χ3v) is 6.59. The topological polar surface area (TPSA) is 69.7 Å². The van der Waals surface area contributed by atoms with E-state index in [2.05, 4.69) is 5.32 Å². The minimum Gasteiger partial charge on any atom is -0.336 e. The number of amides is 1. The number of hydrogen-bond acceptors (Lipinski definition) is 4. The highest BCUT2D eigenvalue weighted by atomic mass is 32.2. The molecule has 2 aliphatic heterocycles. The van der Waals surface area contributed by atoms with Gasteiger partial charge < -0.3 is 10.2 Å². The standard InChI is InChI=1S/C18H25N3O3S/c1-14(2)17-7-4-10-21(17)25(23,24)16-6-3-5-15(13-16)18(22)20-11-8-19-9-12-20/h3-7,13-14,17,19H,8-12H2,1-2H3. The molecule has 1 saturated heterocycles. The molecule has 1 unspecified atom stereocenters. The fourth-order valence-corrected chi connectivity index (χ4v) is 5.02. The molecule has 7 heteroatoms. The van der Waals surface area contributed by atoms with Gasteiger partial charge in [0.2, 0.25) is 10.0 Å². The Bertz CT molecular complexity index is 768. The van der Waals surface area contributed by atoms with E-state index >= 15 is 0 Å². The van der Waals surface area contributed by atoms with Crippen LogP contribution in [0.5, 0.6) is 0 Å². The molecule has 1 N–H and O–H groups in total. The molecule has 1 aromatic carbocycles. The van der Waals surface area contributed by atoms with Crippen molar-refractivity contribution in [2.75, 3.05) is 32.7 Å². The number of nitrogens with zero attached hydrogens (tertiary/aromatic N) is 2. The zero-order chi connectivity index (χ0) is 18.0. The Morgan fingerprint density at radius 2 is 1.96 bits per heavy atom. The minimum atomic E-state index is -3.63. The van der Waals surface area contributed by atoms with Crippen LogP contribution in [0.15, 0.2) is 41.3 Å². The van der Waals surface area contributed by atoms with Crippen LogP contribution in [0.1, 0.15) is 24.2 Å². The molecule has 1 fully saturated rings. The van der Waals surface area contributed by atoms with Crippen molar-refractivity contribution in [3.05, 3.63) is 42.0 Å². The maximum Gasteiger partial charge on any atom is 0.253 e. The predicted octanol–water partition coefficient (Wildman–Crippen LogP) is 1.32. The van der Waals surface area contributed by atoms with Gasteiger partial charge in [-0.3, -0.25) is 4.79 Å². The van der Waals surface area contributed by atoms with E-state index < -0.39 is 10.0 Å². The van der Waals surface area contributed by atoms with Crippen LogP contribution in [0.3, 0.4) is 0 Å². The molecule has 0 saturated carbocycles. The first kappa shape index (κ1) is 18.1. The quantitative estimate of drug-likeness (QED) is 0.819. The number of benzene rings is 1. The molecule has 6 nitrogen and oxygen atoms in total. The fraction of sp³-hybridized carbons (Fsp3) is 0.500. The first-order chi connectivity index (χ1) is 11.9. The van der Waals surface area contributed by atoms with E-state index in [0.717, 1.165) is 13.1 Å². The van der Waals surface area contributed by atoms with Gasteiger partial charge in [-0.25, -0.2) is 8.42 Å². The molecule has 3 rings (SSSR count). The van der Waals surface area contributed by atoms with E-state index in [-0.39, 0.29) is 22.8 Å². The molecule has 0 radical (unpaired) electrons. The second-order valence-corrected chi connectivity index (χ2v) is 8.70. The zero-order valence-corrected chi connectivity index (χ0v) is 15.5. The lowest BCUT2D eigenvalue weighted by molar-refractivity contribution is 0.0735. The first-order valence-corrected chi connectivity index (χ1v) is 10.1. The summed E-state index contributed by atoms with van der Waals surface area (Å²) >= 11 is 0. The third kappa shape index (κ3) is 3.63. The summed E-state index contributed by atoms with van der Waals surface area (Å²) in [5, 5.41) is 3.21. The number of piperazine rings is 1. The number of sulfonamides is 1. The van der Waals surface area contributed by atoms with E-state index in [9.17, 15) is 13.2 Å². The van der Waals surface area contributed by atoms with Crippen molar-refractivity contribution >= 4 is 15.9 Å². The van der Waals surface area contributed by atoms with Gasteiger partial charge in [0.15, 0.2) is 0 Å². The summed E-state index contributed by atoms with van der Waals surface area (Å²) in [6.45, 7) is 7.20. The lowest BCUT2D eigenvalue weighted by atomic mass is 10.1. The second kappa shape index (κ2) is 7.27. The molecule has 2 heterocycles. The first-order valence-electron chi connectivity index (χ1n) is 8.70. The van der Waals surface area contributed by atoms with Crippen molar-refractivity contribution in [3.63, 3.8) is 0 Å². The Hall–Kier alpha value is -1.70. The van der Waals surface area contributed by atoms with E-state index in [1.165, 1.54) is 10.4 Å². The van der Waals surface area contributed by atoms with Crippen LogP contribution in [-0.2, 0) is 10.0 Å². The van der Waals surface area contributed by atoms with E-state index in [0.29, 0.717) is 25.2 Å². The van der Waals surface area contributed by atoms with Gasteiger partial charge in [-0.15, -0.1) is 0 Å². The summed E-state index contributed by atoms with van der Waals surface area (Å²) < 4.78 is 27.6. The van der Waals surface area contributed by atoms with Crippen LogP contribution in [0.4, 0.5) is 0 Å². The Balaban J connectivity index is 1.86. The normalized spacial score (nSPS) is 21.9. The number of rotatable bonds is 4. The summed E-state index contributed by atoms with van der Waals surface area (Å²) in [5.74, 6) is 0.0812. The van der Waals surface area contributed by atoms with Gasteiger partial charge in [0.05, 0.1) is 4.90 Å². The Kier molecular flexibility index (Phi) is 5.27. The monoisotopic (exact) mass is 363 g/mol. The highest BCUT2D eigenvalue weighted by Crippen LogP contribution is 2.26. The number of hydrogen-bond donors (Lipinski definition) is 1. The van der Waals surface area contributed by atoms with Crippen molar-refractivity contribution in [2.45, 2.75) is 24.8 Å². The highest BCUT2D eigenvalue weighted by Gasteiger charge is 2.34. The molecule has 0 aliphatic carbocycles. The van der Waals surface area contributed by atoms with Crippen molar-refractivity contribution in [2.24, 2.45) is 5.92 Å². The Morgan fingerprint density at radius 1 is 1.24 bits per heavy atom. The van der Waals surface area contributed by atoms with Gasteiger partial charge in [-0.1, -0.05) is 32.1 Å². The van der Waals surface area contributed by atoms with Crippen LogP contribution in [0.2, 0.25) is 0 Å². The summed E-state index contributed by atoms with van der Waals surface area (Å²) in [4.78, 5) is 14.6. The van der Waals surface area contributed by atoms with Gasteiger partial charge in [0.25, 0.3) is 5.91 Å². The maximum absolute atomic E-state index is 13.1. The lowest BCUT2D eigenvalue weighted by Crippen LogP contribution is -2.46. The number of carbonyl (C=O) groups is 1. The van der Waals surface area contributed by atoms with Gasteiger partial charge in [-0.05, 0) is 24.1 Å². The smallest absolute Gasteiger partial charge is 0.253 e. The molecule has 0 aromatic heterocycles. The molecule has 2 aliphatic rings. The summed E-state index contributed by atoms with van der Waals surface area (Å²) in [5.41, 5.74) is 0.427. The molecule has 1 aromatic rings. The van der Waals surface area contributed by atoms with E-state index in [1.807, 2.05) is 26.0 Å². The van der Waals surface area contributed by atoms with E-state index in [4.69, 9.17) is 0 Å². The summed E-state index contributed by atoms with van der Waals surface area (Å²) in [6, 6.07) is 6.27. The molecule has 25 heavy (non-hydrogen) atoms. The van der Waals surface area contributed by atoms with Crippen LogP contribution < -0.4 is 5.32 Å². The molecule has 1 atom stereocenters. The van der Waals surface area contributed by atoms with Gasteiger partial charge in [0, 0.05) is 44.3 Å². The predicted molar refractivity (Wildman–Crippen MR) is 96.9 cm³/mol. The number of nitrogens with one attached hydrogen (secondary N) is 1. The molecular formula is C18H25N3O3S. The molecule has 0 spiro atoms. The van der Waals surface area contributed by atoms with Gasteiger partial charge in [-0.2, -0.15) is 4.31 Å².